The third-order valence-corrected chi connectivity index (χ3v) is 3.13. The molecule has 1 unspecified atom stereocenters. The molecule has 14 heavy (non-hydrogen) atoms. The van der Waals surface area contributed by atoms with E-state index >= 15 is 0 Å². The molecule has 1 rings (SSSR count). The van der Waals surface area contributed by atoms with Crippen LogP contribution >= 0.6 is 0 Å². The van der Waals surface area contributed by atoms with Crippen molar-refractivity contribution >= 4 is 10.0 Å². The molecule has 6 heteroatoms. The fourth-order valence-electron chi connectivity index (χ4n) is 1.01. The summed E-state index contributed by atoms with van der Waals surface area (Å²) < 4.78 is 47.3. The molecule has 0 fully saturated rings. The molecule has 0 saturated carbocycles. The molecule has 0 aliphatic rings. The highest BCUT2D eigenvalue weighted by Crippen LogP contribution is 2.22. The maximum atomic E-state index is 13.1. The SMILES string of the molecule is CC(c1ccc(F)cc1F)S(N)(=O)=O. The van der Waals surface area contributed by atoms with Crippen LogP contribution in [0, 0.1) is 11.6 Å². The third-order valence-electron chi connectivity index (χ3n) is 1.89. The molecule has 1 atom stereocenters. The molecular weight excluding hydrogens is 212 g/mol. The van der Waals surface area contributed by atoms with E-state index in [4.69, 9.17) is 5.14 Å². The second kappa shape index (κ2) is 3.62. The first-order valence-corrected chi connectivity index (χ1v) is 5.40. The molecule has 0 amide bonds. The van der Waals surface area contributed by atoms with Crippen molar-refractivity contribution < 1.29 is 17.2 Å². The summed E-state index contributed by atoms with van der Waals surface area (Å²) in [5.74, 6) is -1.67. The van der Waals surface area contributed by atoms with Gasteiger partial charge in [-0.1, -0.05) is 6.07 Å². The minimum absolute atomic E-state index is 0.131. The van der Waals surface area contributed by atoms with Gasteiger partial charge >= 0.3 is 0 Å². The minimum Gasteiger partial charge on any atom is -0.228 e. The summed E-state index contributed by atoms with van der Waals surface area (Å²) >= 11 is 0. The molecule has 0 spiro atoms. The largest absolute Gasteiger partial charge is 0.228 e. The highest BCUT2D eigenvalue weighted by molar-refractivity contribution is 7.89. The second-order valence-electron chi connectivity index (χ2n) is 2.90. The average Bonchev–Trinajstić information content (AvgIpc) is 2.01. The van der Waals surface area contributed by atoms with Crippen LogP contribution in [0.5, 0.6) is 0 Å². The summed E-state index contributed by atoms with van der Waals surface area (Å²) in [7, 11) is -3.85. The summed E-state index contributed by atoms with van der Waals surface area (Å²) in [5.41, 5.74) is -0.131. The van der Waals surface area contributed by atoms with Crippen LogP contribution in [0.4, 0.5) is 8.78 Å². The monoisotopic (exact) mass is 221 g/mol. The lowest BCUT2D eigenvalue weighted by atomic mass is 10.1. The summed E-state index contributed by atoms with van der Waals surface area (Å²) in [6, 6.07) is 2.68. The molecule has 0 aromatic heterocycles. The Morgan fingerprint density at radius 3 is 2.36 bits per heavy atom. The van der Waals surface area contributed by atoms with Crippen molar-refractivity contribution in [3.8, 4) is 0 Å². The van der Waals surface area contributed by atoms with Crippen LogP contribution in [-0.2, 0) is 10.0 Å². The van der Waals surface area contributed by atoms with Crippen molar-refractivity contribution in [2.24, 2.45) is 5.14 Å². The lowest BCUT2D eigenvalue weighted by Gasteiger charge is -2.09. The Labute approximate surface area is 80.6 Å². The first-order valence-electron chi connectivity index (χ1n) is 3.79. The molecule has 78 valence electrons. The van der Waals surface area contributed by atoms with Gasteiger partial charge in [0.1, 0.15) is 16.9 Å². The molecule has 0 radical (unpaired) electrons. The lowest BCUT2D eigenvalue weighted by molar-refractivity contribution is 0.560. The fourth-order valence-corrected chi connectivity index (χ4v) is 1.55. The summed E-state index contributed by atoms with van der Waals surface area (Å²) in [6.45, 7) is 1.24. The van der Waals surface area contributed by atoms with E-state index in [1.807, 2.05) is 0 Å². The number of benzene rings is 1. The molecule has 2 N–H and O–H groups in total. The summed E-state index contributed by atoms with van der Waals surface area (Å²) in [6.07, 6.45) is 0. The number of nitrogens with two attached hydrogens (primary N) is 1. The van der Waals surface area contributed by atoms with Crippen molar-refractivity contribution in [3.05, 3.63) is 35.4 Å². The van der Waals surface area contributed by atoms with E-state index in [1.54, 1.807) is 0 Å². The van der Waals surface area contributed by atoms with Gasteiger partial charge in [0, 0.05) is 11.6 Å². The van der Waals surface area contributed by atoms with Crippen molar-refractivity contribution in [2.75, 3.05) is 0 Å². The number of halogens is 2. The van der Waals surface area contributed by atoms with Crippen molar-refractivity contribution in [3.63, 3.8) is 0 Å². The van der Waals surface area contributed by atoms with Crippen LogP contribution in [0.15, 0.2) is 18.2 Å². The van der Waals surface area contributed by atoms with Gasteiger partial charge in [-0.05, 0) is 13.0 Å². The maximum Gasteiger partial charge on any atom is 0.215 e. The van der Waals surface area contributed by atoms with E-state index in [9.17, 15) is 17.2 Å². The second-order valence-corrected chi connectivity index (χ2v) is 4.78. The zero-order chi connectivity index (χ0) is 10.9. The molecule has 0 aliphatic carbocycles. The standard InChI is InChI=1S/C8H9F2NO2S/c1-5(14(11,12)13)7-3-2-6(9)4-8(7)10/h2-5H,1H3,(H2,11,12,13). The Morgan fingerprint density at radius 1 is 1.36 bits per heavy atom. The Kier molecular flexibility index (Phi) is 2.86. The Hall–Kier alpha value is -1.01. The van der Waals surface area contributed by atoms with Gasteiger partial charge in [0.25, 0.3) is 0 Å². The Bertz CT molecular complexity index is 445. The zero-order valence-electron chi connectivity index (χ0n) is 7.37. The van der Waals surface area contributed by atoms with Crippen molar-refractivity contribution in [1.82, 2.24) is 0 Å². The van der Waals surface area contributed by atoms with Crippen LogP contribution in [0.3, 0.4) is 0 Å². The van der Waals surface area contributed by atoms with Crippen LogP contribution in [0.2, 0.25) is 0 Å². The van der Waals surface area contributed by atoms with Gasteiger partial charge < -0.3 is 0 Å². The van der Waals surface area contributed by atoms with E-state index in [0.717, 1.165) is 12.1 Å². The quantitative estimate of drug-likeness (QED) is 0.818. The van der Waals surface area contributed by atoms with Crippen LogP contribution in [0.25, 0.3) is 0 Å². The third kappa shape index (κ3) is 2.27. The first kappa shape index (κ1) is 11.1. The van der Waals surface area contributed by atoms with E-state index in [-0.39, 0.29) is 5.56 Å². The van der Waals surface area contributed by atoms with E-state index in [0.29, 0.717) is 6.07 Å². The maximum absolute atomic E-state index is 13.1. The fraction of sp³-hybridized carbons (Fsp3) is 0.250. The minimum atomic E-state index is -3.85. The molecular formula is C8H9F2NO2S. The van der Waals surface area contributed by atoms with Gasteiger partial charge in [-0.15, -0.1) is 0 Å². The summed E-state index contributed by atoms with van der Waals surface area (Å²) in [4.78, 5) is 0. The lowest BCUT2D eigenvalue weighted by Crippen LogP contribution is -2.20. The predicted molar refractivity (Wildman–Crippen MR) is 47.9 cm³/mol. The zero-order valence-corrected chi connectivity index (χ0v) is 8.18. The van der Waals surface area contributed by atoms with Gasteiger partial charge in [0.15, 0.2) is 0 Å². The normalized spacial score (nSPS) is 14.0. The van der Waals surface area contributed by atoms with Crippen molar-refractivity contribution in [2.45, 2.75) is 12.2 Å². The Balaban J connectivity index is 3.21. The molecule has 1 aromatic carbocycles. The number of hydrogen-bond donors (Lipinski definition) is 1. The van der Waals surface area contributed by atoms with Gasteiger partial charge in [-0.3, -0.25) is 0 Å². The van der Waals surface area contributed by atoms with Gasteiger partial charge in [-0.2, -0.15) is 0 Å². The highest BCUT2D eigenvalue weighted by Gasteiger charge is 2.21. The van der Waals surface area contributed by atoms with Gasteiger partial charge in [0.2, 0.25) is 10.0 Å². The predicted octanol–water partition coefficient (Wildman–Crippen LogP) is 1.31. The Morgan fingerprint density at radius 2 is 1.93 bits per heavy atom. The van der Waals surface area contributed by atoms with E-state index in [2.05, 4.69) is 0 Å². The number of hydrogen-bond acceptors (Lipinski definition) is 2. The molecule has 0 aliphatic heterocycles. The highest BCUT2D eigenvalue weighted by atomic mass is 32.2. The van der Waals surface area contributed by atoms with Crippen LogP contribution in [0.1, 0.15) is 17.7 Å². The van der Waals surface area contributed by atoms with Gasteiger partial charge in [-0.25, -0.2) is 22.3 Å². The van der Waals surface area contributed by atoms with E-state index < -0.39 is 26.9 Å². The van der Waals surface area contributed by atoms with E-state index in [1.165, 1.54) is 6.92 Å². The molecule has 3 nitrogen and oxygen atoms in total. The van der Waals surface area contributed by atoms with Crippen molar-refractivity contribution in [1.29, 1.82) is 0 Å². The smallest absolute Gasteiger partial charge is 0.215 e. The van der Waals surface area contributed by atoms with Crippen LogP contribution in [-0.4, -0.2) is 8.42 Å². The van der Waals surface area contributed by atoms with Crippen LogP contribution < -0.4 is 5.14 Å². The number of primary sulfonamides is 1. The topological polar surface area (TPSA) is 60.2 Å². The molecule has 0 saturated heterocycles. The molecule has 0 heterocycles. The summed E-state index contributed by atoms with van der Waals surface area (Å²) in [5, 5.41) is 3.65. The first-order chi connectivity index (χ1) is 6.32. The molecule has 1 aromatic rings. The number of rotatable bonds is 2. The average molecular weight is 221 g/mol. The van der Waals surface area contributed by atoms with Gasteiger partial charge in [0.05, 0.1) is 0 Å². The number of sulfonamides is 1. The molecule has 0 bridgehead atoms.